The maximum absolute atomic E-state index is 12.0. The zero-order valence-electron chi connectivity index (χ0n) is 9.75. The van der Waals surface area contributed by atoms with E-state index in [9.17, 15) is 9.59 Å². The van der Waals surface area contributed by atoms with Gasteiger partial charge in [-0.15, -0.1) is 10.2 Å². The van der Waals surface area contributed by atoms with E-state index in [1.165, 1.54) is 21.9 Å². The Bertz CT molecular complexity index is 817. The third-order valence-electron chi connectivity index (χ3n) is 2.42. The molecular formula is C10H8N6O2S. The van der Waals surface area contributed by atoms with Gasteiger partial charge in [-0.3, -0.25) is 10.1 Å². The number of aromatic nitrogens is 5. The lowest BCUT2D eigenvalue weighted by Gasteiger charge is -2.01. The summed E-state index contributed by atoms with van der Waals surface area (Å²) < 4.78 is 1.26. The van der Waals surface area contributed by atoms with Gasteiger partial charge in [0.2, 0.25) is 5.13 Å². The number of aromatic amines is 1. The normalized spacial score (nSPS) is 10.8. The van der Waals surface area contributed by atoms with Crippen molar-refractivity contribution in [1.29, 1.82) is 0 Å². The first-order valence-electron chi connectivity index (χ1n) is 5.32. The SMILES string of the molecule is Cc1nnc(NC(=O)c2ccc3n[nH]c(=O)n3c2)s1. The van der Waals surface area contributed by atoms with Gasteiger partial charge >= 0.3 is 5.69 Å². The number of rotatable bonds is 2. The molecule has 9 heteroatoms. The maximum Gasteiger partial charge on any atom is 0.347 e. The second-order valence-corrected chi connectivity index (χ2v) is 4.94. The van der Waals surface area contributed by atoms with Crippen LogP contribution >= 0.6 is 11.3 Å². The summed E-state index contributed by atoms with van der Waals surface area (Å²) >= 11 is 1.28. The highest BCUT2D eigenvalue weighted by molar-refractivity contribution is 7.15. The number of nitrogens with zero attached hydrogens (tertiary/aromatic N) is 4. The zero-order valence-corrected chi connectivity index (χ0v) is 10.6. The zero-order chi connectivity index (χ0) is 13.4. The van der Waals surface area contributed by atoms with E-state index >= 15 is 0 Å². The van der Waals surface area contributed by atoms with E-state index in [-0.39, 0.29) is 5.91 Å². The summed E-state index contributed by atoms with van der Waals surface area (Å²) in [6, 6.07) is 3.16. The molecule has 0 aliphatic heterocycles. The van der Waals surface area contributed by atoms with Crippen molar-refractivity contribution in [2.45, 2.75) is 6.92 Å². The van der Waals surface area contributed by atoms with E-state index in [2.05, 4.69) is 25.7 Å². The van der Waals surface area contributed by atoms with Crippen LogP contribution in [0.4, 0.5) is 5.13 Å². The third-order valence-corrected chi connectivity index (χ3v) is 3.17. The highest BCUT2D eigenvalue weighted by Gasteiger charge is 2.11. The maximum atomic E-state index is 12.0. The number of pyridine rings is 1. The third kappa shape index (κ3) is 2.10. The van der Waals surface area contributed by atoms with Gasteiger partial charge < -0.3 is 0 Å². The van der Waals surface area contributed by atoms with Crippen molar-refractivity contribution in [2.75, 3.05) is 5.32 Å². The Morgan fingerprint density at radius 3 is 3.00 bits per heavy atom. The summed E-state index contributed by atoms with van der Waals surface area (Å²) in [5.41, 5.74) is 0.397. The fourth-order valence-corrected chi connectivity index (χ4v) is 2.14. The van der Waals surface area contributed by atoms with Crippen LogP contribution in [0.1, 0.15) is 15.4 Å². The molecular weight excluding hydrogens is 268 g/mol. The summed E-state index contributed by atoms with van der Waals surface area (Å²) in [6.07, 6.45) is 1.42. The number of amides is 1. The van der Waals surface area contributed by atoms with Gasteiger partial charge in [0.15, 0.2) is 5.65 Å². The minimum atomic E-state index is -0.392. The molecule has 0 aliphatic carbocycles. The Balaban J connectivity index is 1.92. The van der Waals surface area contributed by atoms with E-state index in [1.54, 1.807) is 19.1 Å². The molecule has 0 radical (unpaired) electrons. The molecule has 8 nitrogen and oxygen atoms in total. The van der Waals surface area contributed by atoms with Crippen molar-refractivity contribution in [2.24, 2.45) is 0 Å². The Kier molecular flexibility index (Phi) is 2.60. The lowest BCUT2D eigenvalue weighted by Crippen LogP contribution is -2.15. The summed E-state index contributed by atoms with van der Waals surface area (Å²) in [6.45, 7) is 1.80. The molecule has 3 aromatic rings. The van der Waals surface area contributed by atoms with Crippen LogP contribution in [-0.4, -0.2) is 30.7 Å². The molecule has 3 rings (SSSR count). The molecule has 3 heterocycles. The number of aryl methyl sites for hydroxylation is 1. The average Bonchev–Trinajstić information content (AvgIpc) is 2.96. The van der Waals surface area contributed by atoms with Gasteiger partial charge in [-0.25, -0.2) is 14.3 Å². The Morgan fingerprint density at radius 1 is 1.42 bits per heavy atom. The standard InChI is InChI=1S/C10H8N6O2S/c1-5-12-14-9(19-5)11-8(17)6-2-3-7-13-15-10(18)16(7)4-6/h2-4H,1H3,(H,15,18)(H,11,14,17). The van der Waals surface area contributed by atoms with Gasteiger partial charge in [-0.05, 0) is 19.1 Å². The molecule has 2 N–H and O–H groups in total. The number of hydrogen-bond donors (Lipinski definition) is 2. The molecule has 0 aliphatic rings. The van der Waals surface area contributed by atoms with Crippen molar-refractivity contribution in [3.8, 4) is 0 Å². The van der Waals surface area contributed by atoms with Crippen LogP contribution in [0.15, 0.2) is 23.1 Å². The molecule has 0 unspecified atom stereocenters. The number of H-pyrrole nitrogens is 1. The summed E-state index contributed by atoms with van der Waals surface area (Å²) in [5, 5.41) is 17.5. The number of fused-ring (bicyclic) bond motifs is 1. The lowest BCUT2D eigenvalue weighted by atomic mass is 10.2. The molecule has 19 heavy (non-hydrogen) atoms. The molecule has 0 saturated heterocycles. The second kappa shape index (κ2) is 4.28. The van der Waals surface area contributed by atoms with E-state index < -0.39 is 5.69 Å². The Labute approximate surface area is 110 Å². The first kappa shape index (κ1) is 11.5. The van der Waals surface area contributed by atoms with Gasteiger partial charge in [-0.2, -0.15) is 5.10 Å². The largest absolute Gasteiger partial charge is 0.347 e. The average molecular weight is 276 g/mol. The van der Waals surface area contributed by atoms with E-state index in [0.717, 1.165) is 5.01 Å². The van der Waals surface area contributed by atoms with Crippen LogP contribution in [0.2, 0.25) is 0 Å². The van der Waals surface area contributed by atoms with Gasteiger partial charge in [0.05, 0.1) is 5.56 Å². The first-order chi connectivity index (χ1) is 9.13. The molecule has 0 aromatic carbocycles. The van der Waals surface area contributed by atoms with Crippen LogP contribution in [0, 0.1) is 6.92 Å². The van der Waals surface area contributed by atoms with Gasteiger partial charge in [0.25, 0.3) is 5.91 Å². The molecule has 0 atom stereocenters. The van der Waals surface area contributed by atoms with Crippen molar-refractivity contribution in [1.82, 2.24) is 24.8 Å². The predicted octanol–water partition coefficient (Wildman–Crippen LogP) is 0.435. The molecule has 0 fully saturated rings. The minimum Gasteiger partial charge on any atom is -0.296 e. The van der Waals surface area contributed by atoms with Crippen LogP contribution in [-0.2, 0) is 0 Å². The number of nitrogens with one attached hydrogen (secondary N) is 2. The monoisotopic (exact) mass is 276 g/mol. The van der Waals surface area contributed by atoms with Crippen LogP contribution in [0.3, 0.4) is 0 Å². The molecule has 0 saturated carbocycles. The number of anilines is 1. The molecule has 96 valence electrons. The van der Waals surface area contributed by atoms with Crippen molar-refractivity contribution >= 4 is 28.0 Å². The summed E-state index contributed by atoms with van der Waals surface area (Å²) in [7, 11) is 0. The molecule has 3 aromatic heterocycles. The number of carbonyl (C=O) groups is 1. The topological polar surface area (TPSA) is 105 Å². The van der Waals surface area contributed by atoms with E-state index in [0.29, 0.717) is 16.3 Å². The lowest BCUT2D eigenvalue weighted by molar-refractivity contribution is 0.102. The quantitative estimate of drug-likeness (QED) is 0.706. The summed E-state index contributed by atoms with van der Waals surface area (Å²) in [5.74, 6) is -0.355. The smallest absolute Gasteiger partial charge is 0.296 e. The predicted molar refractivity (Wildman–Crippen MR) is 68.4 cm³/mol. The van der Waals surface area contributed by atoms with Crippen LogP contribution < -0.4 is 11.0 Å². The fraction of sp³-hybridized carbons (Fsp3) is 0.100. The Morgan fingerprint density at radius 2 is 2.26 bits per heavy atom. The van der Waals surface area contributed by atoms with Gasteiger partial charge in [-0.1, -0.05) is 11.3 Å². The molecule has 1 amide bonds. The Hall–Kier alpha value is -2.55. The van der Waals surface area contributed by atoms with Crippen LogP contribution in [0.5, 0.6) is 0 Å². The molecule has 0 bridgehead atoms. The first-order valence-corrected chi connectivity index (χ1v) is 6.13. The highest BCUT2D eigenvalue weighted by Crippen LogP contribution is 2.14. The second-order valence-electron chi connectivity index (χ2n) is 3.76. The van der Waals surface area contributed by atoms with E-state index in [1.807, 2.05) is 0 Å². The highest BCUT2D eigenvalue weighted by atomic mass is 32.1. The summed E-state index contributed by atoms with van der Waals surface area (Å²) in [4.78, 5) is 23.4. The molecule has 0 spiro atoms. The van der Waals surface area contributed by atoms with E-state index in [4.69, 9.17) is 0 Å². The van der Waals surface area contributed by atoms with Crippen molar-refractivity contribution in [3.05, 3.63) is 39.4 Å². The number of carbonyl (C=O) groups excluding carboxylic acids is 1. The number of hydrogen-bond acceptors (Lipinski definition) is 6. The minimum absolute atomic E-state index is 0.337. The van der Waals surface area contributed by atoms with Crippen molar-refractivity contribution in [3.63, 3.8) is 0 Å². The van der Waals surface area contributed by atoms with Gasteiger partial charge in [0, 0.05) is 6.20 Å². The fourth-order valence-electron chi connectivity index (χ4n) is 1.56. The van der Waals surface area contributed by atoms with Crippen LogP contribution in [0.25, 0.3) is 5.65 Å². The van der Waals surface area contributed by atoms with Gasteiger partial charge in [0.1, 0.15) is 5.01 Å². The van der Waals surface area contributed by atoms with Crippen molar-refractivity contribution < 1.29 is 4.79 Å².